The molecule has 0 spiro atoms. The number of nitrogens with one attached hydrogen (secondary N) is 1. The van der Waals surface area contributed by atoms with E-state index < -0.39 is 11.4 Å². The Labute approximate surface area is 113 Å². The highest BCUT2D eigenvalue weighted by molar-refractivity contribution is 5.94. The van der Waals surface area contributed by atoms with Gasteiger partial charge in [0.25, 0.3) is 0 Å². The molecule has 19 heavy (non-hydrogen) atoms. The van der Waals surface area contributed by atoms with Crippen LogP contribution in [0.3, 0.4) is 0 Å². The lowest BCUT2D eigenvalue weighted by atomic mass is 9.89. The third-order valence-corrected chi connectivity index (χ3v) is 3.04. The molecule has 1 aromatic rings. The predicted molar refractivity (Wildman–Crippen MR) is 75.2 cm³/mol. The summed E-state index contributed by atoms with van der Waals surface area (Å²) in [7, 11) is 0. The number of amides is 1. The molecule has 2 N–H and O–H groups in total. The molecule has 0 aliphatic carbocycles. The summed E-state index contributed by atoms with van der Waals surface area (Å²) in [5.41, 5.74) is 0.835. The van der Waals surface area contributed by atoms with E-state index in [0.29, 0.717) is 11.6 Å². The minimum atomic E-state index is -1.05. The van der Waals surface area contributed by atoms with E-state index in [4.69, 9.17) is 5.11 Å². The van der Waals surface area contributed by atoms with Crippen LogP contribution in [0.25, 0.3) is 0 Å². The van der Waals surface area contributed by atoms with Gasteiger partial charge in [-0.1, -0.05) is 26.0 Å². The summed E-state index contributed by atoms with van der Waals surface area (Å²) < 4.78 is 0. The first-order valence-electron chi connectivity index (χ1n) is 6.35. The third-order valence-electron chi connectivity index (χ3n) is 3.04. The number of anilines is 1. The molecule has 0 atom stereocenters. The SMILES string of the molecule is CC(C)c1ccc(NC(=O)CC(C)(C)C(=O)O)cc1. The number of carbonyl (C=O) groups is 2. The van der Waals surface area contributed by atoms with Crippen molar-refractivity contribution >= 4 is 17.6 Å². The number of carboxylic acid groups (broad SMARTS) is 1. The van der Waals surface area contributed by atoms with Gasteiger partial charge in [-0.05, 0) is 37.5 Å². The van der Waals surface area contributed by atoms with Crippen molar-refractivity contribution in [2.45, 2.75) is 40.0 Å². The molecule has 0 aliphatic rings. The molecule has 0 bridgehead atoms. The standard InChI is InChI=1S/C15H21NO3/c1-10(2)11-5-7-12(8-6-11)16-13(17)9-15(3,4)14(18)19/h5-8,10H,9H2,1-4H3,(H,16,17)(H,18,19). The van der Waals surface area contributed by atoms with Crippen LogP contribution in [-0.2, 0) is 9.59 Å². The topological polar surface area (TPSA) is 66.4 Å². The Morgan fingerprint density at radius 2 is 1.74 bits per heavy atom. The van der Waals surface area contributed by atoms with E-state index in [1.807, 2.05) is 24.3 Å². The van der Waals surface area contributed by atoms with Crippen molar-refractivity contribution in [3.63, 3.8) is 0 Å². The molecular weight excluding hydrogens is 242 g/mol. The molecule has 0 saturated heterocycles. The van der Waals surface area contributed by atoms with Gasteiger partial charge in [-0.2, -0.15) is 0 Å². The second kappa shape index (κ2) is 5.87. The fourth-order valence-electron chi connectivity index (χ4n) is 1.63. The maximum atomic E-state index is 11.8. The van der Waals surface area contributed by atoms with E-state index in [1.165, 1.54) is 19.4 Å². The smallest absolute Gasteiger partial charge is 0.309 e. The van der Waals surface area contributed by atoms with Crippen molar-refractivity contribution in [1.29, 1.82) is 0 Å². The Kier molecular flexibility index (Phi) is 4.70. The summed E-state index contributed by atoms with van der Waals surface area (Å²) in [6.07, 6.45) is -0.0474. The molecule has 0 fully saturated rings. The van der Waals surface area contributed by atoms with E-state index >= 15 is 0 Å². The second-order valence-electron chi connectivity index (χ2n) is 5.69. The lowest BCUT2D eigenvalue weighted by Crippen LogP contribution is -2.29. The zero-order valence-corrected chi connectivity index (χ0v) is 11.9. The average molecular weight is 263 g/mol. The van der Waals surface area contributed by atoms with Gasteiger partial charge < -0.3 is 10.4 Å². The number of hydrogen-bond acceptors (Lipinski definition) is 2. The number of carboxylic acids is 1. The van der Waals surface area contributed by atoms with Crippen LogP contribution in [0.4, 0.5) is 5.69 Å². The summed E-state index contributed by atoms with van der Waals surface area (Å²) in [6.45, 7) is 7.28. The molecule has 104 valence electrons. The number of carbonyl (C=O) groups excluding carboxylic acids is 1. The average Bonchev–Trinajstić information content (AvgIpc) is 2.28. The Balaban J connectivity index is 2.65. The molecule has 0 aromatic heterocycles. The molecule has 0 unspecified atom stereocenters. The highest BCUT2D eigenvalue weighted by atomic mass is 16.4. The van der Waals surface area contributed by atoms with Crippen molar-refractivity contribution in [2.24, 2.45) is 5.41 Å². The minimum absolute atomic E-state index is 0.0474. The summed E-state index contributed by atoms with van der Waals surface area (Å²) in [4.78, 5) is 22.7. The van der Waals surface area contributed by atoms with Gasteiger partial charge in [-0.15, -0.1) is 0 Å². The molecule has 1 rings (SSSR count). The van der Waals surface area contributed by atoms with Crippen LogP contribution >= 0.6 is 0 Å². The van der Waals surface area contributed by atoms with Crippen molar-refractivity contribution in [2.75, 3.05) is 5.32 Å². The first-order chi connectivity index (χ1) is 8.72. The van der Waals surface area contributed by atoms with Gasteiger partial charge in [-0.3, -0.25) is 9.59 Å². The van der Waals surface area contributed by atoms with Crippen LogP contribution in [-0.4, -0.2) is 17.0 Å². The monoisotopic (exact) mass is 263 g/mol. The summed E-state index contributed by atoms with van der Waals surface area (Å²) in [5, 5.41) is 11.7. The molecular formula is C15H21NO3. The highest BCUT2D eigenvalue weighted by Crippen LogP contribution is 2.22. The number of aliphatic carboxylic acids is 1. The number of rotatable bonds is 5. The Hall–Kier alpha value is -1.84. The number of benzene rings is 1. The van der Waals surface area contributed by atoms with Gasteiger partial charge >= 0.3 is 5.97 Å². The quantitative estimate of drug-likeness (QED) is 0.857. The third kappa shape index (κ3) is 4.39. The molecule has 4 nitrogen and oxygen atoms in total. The van der Waals surface area contributed by atoms with E-state index in [1.54, 1.807) is 0 Å². The van der Waals surface area contributed by atoms with Crippen LogP contribution in [0.15, 0.2) is 24.3 Å². The van der Waals surface area contributed by atoms with Crippen LogP contribution in [0.1, 0.15) is 45.6 Å². The first kappa shape index (κ1) is 15.2. The normalized spacial score (nSPS) is 11.4. The van der Waals surface area contributed by atoms with E-state index in [-0.39, 0.29) is 12.3 Å². The van der Waals surface area contributed by atoms with E-state index in [2.05, 4.69) is 19.2 Å². The van der Waals surface area contributed by atoms with Gasteiger partial charge in [0.2, 0.25) is 5.91 Å². The largest absolute Gasteiger partial charge is 0.481 e. The van der Waals surface area contributed by atoms with Crippen molar-refractivity contribution < 1.29 is 14.7 Å². The Bertz CT molecular complexity index is 461. The molecule has 4 heteroatoms. The highest BCUT2D eigenvalue weighted by Gasteiger charge is 2.30. The lowest BCUT2D eigenvalue weighted by Gasteiger charge is -2.18. The van der Waals surface area contributed by atoms with Crippen LogP contribution in [0.2, 0.25) is 0 Å². The molecule has 1 amide bonds. The minimum Gasteiger partial charge on any atom is -0.481 e. The maximum Gasteiger partial charge on any atom is 0.309 e. The summed E-state index contributed by atoms with van der Waals surface area (Å²) in [6, 6.07) is 7.59. The first-order valence-corrected chi connectivity index (χ1v) is 6.35. The Morgan fingerprint density at radius 3 is 2.16 bits per heavy atom. The van der Waals surface area contributed by atoms with Crippen molar-refractivity contribution in [3.05, 3.63) is 29.8 Å². The van der Waals surface area contributed by atoms with Crippen molar-refractivity contribution in [3.8, 4) is 0 Å². The summed E-state index contributed by atoms with van der Waals surface area (Å²) >= 11 is 0. The summed E-state index contributed by atoms with van der Waals surface area (Å²) in [5.74, 6) is -0.821. The molecule has 1 aromatic carbocycles. The fourth-order valence-corrected chi connectivity index (χ4v) is 1.63. The maximum absolute atomic E-state index is 11.8. The molecule has 0 aliphatic heterocycles. The fraction of sp³-hybridized carbons (Fsp3) is 0.467. The Morgan fingerprint density at radius 1 is 1.21 bits per heavy atom. The van der Waals surface area contributed by atoms with Gasteiger partial charge in [0, 0.05) is 12.1 Å². The number of hydrogen-bond donors (Lipinski definition) is 2. The zero-order chi connectivity index (χ0) is 14.6. The molecule has 0 saturated carbocycles. The molecule has 0 heterocycles. The molecule has 0 radical (unpaired) electrons. The van der Waals surface area contributed by atoms with Gasteiger partial charge in [-0.25, -0.2) is 0 Å². The predicted octanol–water partition coefficient (Wildman–Crippen LogP) is 3.25. The van der Waals surface area contributed by atoms with Crippen LogP contribution in [0, 0.1) is 5.41 Å². The van der Waals surface area contributed by atoms with Crippen LogP contribution < -0.4 is 5.32 Å². The second-order valence-corrected chi connectivity index (χ2v) is 5.69. The van der Waals surface area contributed by atoms with Gasteiger partial charge in [0.1, 0.15) is 0 Å². The lowest BCUT2D eigenvalue weighted by molar-refractivity contribution is -0.148. The van der Waals surface area contributed by atoms with E-state index in [9.17, 15) is 9.59 Å². The van der Waals surface area contributed by atoms with Gasteiger partial charge in [0.15, 0.2) is 0 Å². The zero-order valence-electron chi connectivity index (χ0n) is 11.9. The van der Waals surface area contributed by atoms with Crippen LogP contribution in [0.5, 0.6) is 0 Å². The van der Waals surface area contributed by atoms with Crippen molar-refractivity contribution in [1.82, 2.24) is 0 Å². The van der Waals surface area contributed by atoms with E-state index in [0.717, 1.165) is 0 Å². The van der Waals surface area contributed by atoms with Gasteiger partial charge in [0.05, 0.1) is 5.41 Å².